The first-order valence-electron chi connectivity index (χ1n) is 6.87. The molecule has 0 saturated carbocycles. The Kier molecular flexibility index (Phi) is 4.50. The number of hydrogen-bond acceptors (Lipinski definition) is 5. The number of nitrogens with one attached hydrogen (secondary N) is 1. The third-order valence-corrected chi connectivity index (χ3v) is 3.73. The van der Waals surface area contributed by atoms with Gasteiger partial charge in [-0.2, -0.15) is 0 Å². The summed E-state index contributed by atoms with van der Waals surface area (Å²) in [4.78, 5) is 7.94. The molecule has 0 bridgehead atoms. The van der Waals surface area contributed by atoms with E-state index in [4.69, 9.17) is 5.73 Å². The minimum absolute atomic E-state index is 0.251. The average molecular weight is 343 g/mol. The first-order chi connectivity index (χ1) is 11.5. The van der Waals surface area contributed by atoms with Crippen LogP contribution in [-0.4, -0.2) is 18.7 Å². The van der Waals surface area contributed by atoms with E-state index in [1.807, 2.05) is 0 Å². The predicted molar refractivity (Wildman–Crippen MR) is 89.8 cm³/mol. The third kappa shape index (κ3) is 3.39. The fourth-order valence-electron chi connectivity index (χ4n) is 2.28. The maximum atomic E-state index is 14.5. The van der Waals surface area contributed by atoms with Crippen LogP contribution in [0.5, 0.6) is 0 Å². The van der Waals surface area contributed by atoms with Gasteiger partial charge >= 0.3 is 0 Å². The lowest BCUT2D eigenvalue weighted by atomic mass is 10.0. The van der Waals surface area contributed by atoms with Gasteiger partial charge < -0.3 is 15.0 Å². The second-order valence-corrected chi connectivity index (χ2v) is 5.58. The number of para-hydroxylation sites is 1. The SMILES string of the molecule is Nc1cnc(-c2ccc(-c3ccccc3NS(=O)[O-])cc2F)cn1. The van der Waals surface area contributed by atoms with Gasteiger partial charge in [0, 0.05) is 22.4 Å². The number of nitrogens with zero attached hydrogens (tertiary/aromatic N) is 2. The van der Waals surface area contributed by atoms with E-state index in [1.54, 1.807) is 36.4 Å². The van der Waals surface area contributed by atoms with Crippen molar-refractivity contribution in [2.75, 3.05) is 10.5 Å². The lowest BCUT2D eigenvalue weighted by Crippen LogP contribution is -2.03. The van der Waals surface area contributed by atoms with Crippen molar-refractivity contribution in [3.8, 4) is 22.4 Å². The van der Waals surface area contributed by atoms with Gasteiger partial charge in [-0.1, -0.05) is 24.3 Å². The summed E-state index contributed by atoms with van der Waals surface area (Å²) in [6.07, 6.45) is 2.75. The lowest BCUT2D eigenvalue weighted by Gasteiger charge is -2.14. The molecule has 8 heteroatoms. The highest BCUT2D eigenvalue weighted by atomic mass is 32.2. The van der Waals surface area contributed by atoms with E-state index in [9.17, 15) is 13.2 Å². The molecule has 0 amide bonds. The van der Waals surface area contributed by atoms with Gasteiger partial charge in [-0.3, -0.25) is 9.19 Å². The number of hydrogen-bond donors (Lipinski definition) is 2. The van der Waals surface area contributed by atoms with Gasteiger partial charge in [0.1, 0.15) is 11.6 Å². The van der Waals surface area contributed by atoms with Crippen molar-refractivity contribution in [3.63, 3.8) is 0 Å². The molecule has 2 aromatic carbocycles. The Hall–Kier alpha value is -2.84. The van der Waals surface area contributed by atoms with Crippen LogP contribution in [0.2, 0.25) is 0 Å². The van der Waals surface area contributed by atoms with Crippen LogP contribution in [0.15, 0.2) is 54.9 Å². The van der Waals surface area contributed by atoms with Gasteiger partial charge in [-0.15, -0.1) is 0 Å². The van der Waals surface area contributed by atoms with Gasteiger partial charge in [0.05, 0.1) is 23.8 Å². The van der Waals surface area contributed by atoms with Crippen LogP contribution >= 0.6 is 0 Å². The minimum Gasteiger partial charge on any atom is -0.755 e. The van der Waals surface area contributed by atoms with Gasteiger partial charge in [0.2, 0.25) is 0 Å². The van der Waals surface area contributed by atoms with Crippen LogP contribution in [0.3, 0.4) is 0 Å². The Morgan fingerprint density at radius 1 is 1.08 bits per heavy atom. The maximum absolute atomic E-state index is 14.5. The summed E-state index contributed by atoms with van der Waals surface area (Å²) in [6.45, 7) is 0. The van der Waals surface area contributed by atoms with Crippen molar-refractivity contribution in [2.45, 2.75) is 0 Å². The van der Waals surface area contributed by atoms with E-state index in [-0.39, 0.29) is 11.4 Å². The zero-order chi connectivity index (χ0) is 17.1. The molecule has 1 aromatic heterocycles. The minimum atomic E-state index is -2.47. The van der Waals surface area contributed by atoms with E-state index in [2.05, 4.69) is 14.7 Å². The summed E-state index contributed by atoms with van der Waals surface area (Å²) in [7, 11) is 0. The highest BCUT2D eigenvalue weighted by Gasteiger charge is 2.11. The summed E-state index contributed by atoms with van der Waals surface area (Å²) in [5, 5.41) is 0. The monoisotopic (exact) mass is 343 g/mol. The molecule has 0 saturated heterocycles. The maximum Gasteiger partial charge on any atom is 0.141 e. The highest BCUT2D eigenvalue weighted by Crippen LogP contribution is 2.31. The van der Waals surface area contributed by atoms with Gasteiger partial charge in [-0.25, -0.2) is 9.37 Å². The van der Waals surface area contributed by atoms with Crippen LogP contribution in [0.25, 0.3) is 22.4 Å². The Bertz CT molecular complexity index is 903. The number of benzene rings is 2. The molecule has 1 unspecified atom stereocenters. The van der Waals surface area contributed by atoms with E-state index in [0.29, 0.717) is 22.5 Å². The molecule has 3 N–H and O–H groups in total. The molecule has 0 aliphatic carbocycles. The van der Waals surface area contributed by atoms with Crippen molar-refractivity contribution >= 4 is 22.8 Å². The number of nitrogen functional groups attached to an aromatic ring is 1. The molecule has 0 aliphatic heterocycles. The van der Waals surface area contributed by atoms with Gasteiger partial charge in [-0.05, 0) is 23.8 Å². The summed E-state index contributed by atoms with van der Waals surface area (Å²) < 4.78 is 38.5. The molecular formula is C16H12FN4O2S-. The van der Waals surface area contributed by atoms with Crippen molar-refractivity contribution in [1.29, 1.82) is 0 Å². The Balaban J connectivity index is 2.02. The number of rotatable bonds is 4. The summed E-state index contributed by atoms with van der Waals surface area (Å²) >= 11 is -2.47. The third-order valence-electron chi connectivity index (χ3n) is 3.35. The Labute approximate surface area is 140 Å². The van der Waals surface area contributed by atoms with E-state index < -0.39 is 17.1 Å². The van der Waals surface area contributed by atoms with Crippen LogP contribution in [0.4, 0.5) is 15.9 Å². The van der Waals surface area contributed by atoms with Crippen LogP contribution in [0.1, 0.15) is 0 Å². The molecule has 1 atom stereocenters. The number of aromatic nitrogens is 2. The molecule has 0 spiro atoms. The average Bonchev–Trinajstić information content (AvgIpc) is 2.56. The molecule has 0 radical (unpaired) electrons. The molecular weight excluding hydrogens is 331 g/mol. The van der Waals surface area contributed by atoms with Crippen molar-refractivity contribution in [1.82, 2.24) is 9.97 Å². The van der Waals surface area contributed by atoms with E-state index >= 15 is 0 Å². The molecule has 3 aromatic rings. The first kappa shape index (κ1) is 16.0. The fourth-order valence-corrected chi connectivity index (χ4v) is 2.64. The van der Waals surface area contributed by atoms with Crippen LogP contribution < -0.4 is 10.5 Å². The molecule has 0 fully saturated rings. The van der Waals surface area contributed by atoms with E-state index in [1.165, 1.54) is 18.5 Å². The summed E-state index contributed by atoms with van der Waals surface area (Å²) in [5.74, 6) is -0.244. The molecule has 122 valence electrons. The summed E-state index contributed by atoms with van der Waals surface area (Å²) in [5.41, 5.74) is 7.58. The number of nitrogens with two attached hydrogens (primary N) is 1. The topological polar surface area (TPSA) is 104 Å². The van der Waals surface area contributed by atoms with Crippen molar-refractivity contribution < 1.29 is 13.2 Å². The summed E-state index contributed by atoms with van der Waals surface area (Å²) in [6, 6.07) is 11.3. The van der Waals surface area contributed by atoms with Crippen LogP contribution in [0, 0.1) is 5.82 Å². The molecule has 1 heterocycles. The second-order valence-electron chi connectivity index (χ2n) is 4.90. The molecule has 0 aliphatic rings. The molecule has 6 nitrogen and oxygen atoms in total. The Morgan fingerprint density at radius 3 is 2.54 bits per heavy atom. The van der Waals surface area contributed by atoms with Crippen molar-refractivity contribution in [3.05, 3.63) is 60.7 Å². The lowest BCUT2D eigenvalue weighted by molar-refractivity contribution is 0.542. The first-order valence-corrected chi connectivity index (χ1v) is 7.95. The second kappa shape index (κ2) is 6.73. The normalized spacial score (nSPS) is 11.9. The largest absolute Gasteiger partial charge is 0.755 e. The fraction of sp³-hybridized carbons (Fsp3) is 0. The van der Waals surface area contributed by atoms with E-state index in [0.717, 1.165) is 0 Å². The molecule has 24 heavy (non-hydrogen) atoms. The smallest absolute Gasteiger partial charge is 0.141 e. The quantitative estimate of drug-likeness (QED) is 0.709. The number of anilines is 2. The van der Waals surface area contributed by atoms with Gasteiger partial charge in [0.25, 0.3) is 0 Å². The predicted octanol–water partition coefficient (Wildman–Crippen LogP) is 2.74. The zero-order valence-electron chi connectivity index (χ0n) is 12.3. The van der Waals surface area contributed by atoms with Crippen molar-refractivity contribution in [2.24, 2.45) is 0 Å². The standard InChI is InChI=1S/C16H13FN4O2S/c17-13-7-10(11-3-1-2-4-14(11)21-24(22)23)5-6-12(13)15-8-20-16(18)9-19-15/h1-9,21H,(H2,18,20)(H,22,23)/p-1. The Morgan fingerprint density at radius 2 is 1.88 bits per heavy atom. The molecule has 3 rings (SSSR count). The zero-order valence-corrected chi connectivity index (χ0v) is 13.1. The van der Waals surface area contributed by atoms with Crippen LogP contribution in [-0.2, 0) is 11.3 Å². The highest BCUT2D eigenvalue weighted by molar-refractivity contribution is 7.80. The van der Waals surface area contributed by atoms with Gasteiger partial charge in [0.15, 0.2) is 0 Å². The number of halogens is 1.